The second-order valence-electron chi connectivity index (χ2n) is 3.25. The summed E-state index contributed by atoms with van der Waals surface area (Å²) >= 11 is 3.86. The number of carbonyl (C=O) groups excluding carboxylic acids is 1. The number of aliphatic carboxylic acids is 1. The summed E-state index contributed by atoms with van der Waals surface area (Å²) in [6.07, 6.45) is 0. The summed E-state index contributed by atoms with van der Waals surface area (Å²) in [6, 6.07) is 5.57. The molecular formula is C11H13NO4S. The Bertz CT molecular complexity index is 422. The van der Waals surface area contributed by atoms with Crippen LogP contribution >= 0.6 is 12.6 Å². The lowest BCUT2D eigenvalue weighted by atomic mass is 10.1. The summed E-state index contributed by atoms with van der Waals surface area (Å²) < 4.78 is 5.01. The Kier molecular flexibility index (Phi) is 4.84. The number of hydrogen-bond acceptors (Lipinski definition) is 4. The monoisotopic (exact) mass is 255 g/mol. The van der Waals surface area contributed by atoms with Gasteiger partial charge in [0, 0.05) is 5.75 Å². The topological polar surface area (TPSA) is 75.6 Å². The van der Waals surface area contributed by atoms with Crippen LogP contribution in [0.5, 0.6) is 5.75 Å². The van der Waals surface area contributed by atoms with Crippen molar-refractivity contribution in [3.63, 3.8) is 0 Å². The van der Waals surface area contributed by atoms with Gasteiger partial charge in [-0.1, -0.05) is 12.1 Å². The Labute approximate surface area is 104 Å². The molecule has 0 saturated heterocycles. The lowest BCUT2D eigenvalue weighted by Gasteiger charge is -2.13. The Morgan fingerprint density at radius 2 is 2.12 bits per heavy atom. The zero-order valence-electron chi connectivity index (χ0n) is 9.21. The zero-order valence-corrected chi connectivity index (χ0v) is 10.1. The van der Waals surface area contributed by atoms with Crippen LogP contribution in [0.15, 0.2) is 24.3 Å². The Morgan fingerprint density at radius 3 is 2.65 bits per heavy atom. The number of benzene rings is 1. The van der Waals surface area contributed by atoms with Gasteiger partial charge >= 0.3 is 5.97 Å². The van der Waals surface area contributed by atoms with Crippen LogP contribution in [0.25, 0.3) is 0 Å². The summed E-state index contributed by atoms with van der Waals surface area (Å²) in [5.41, 5.74) is 0.294. The minimum Gasteiger partial charge on any atom is -0.496 e. The number of rotatable bonds is 5. The molecule has 0 aromatic heterocycles. The molecule has 0 aliphatic rings. The average Bonchev–Trinajstić information content (AvgIpc) is 2.35. The van der Waals surface area contributed by atoms with E-state index >= 15 is 0 Å². The Morgan fingerprint density at radius 1 is 1.47 bits per heavy atom. The molecule has 0 fully saturated rings. The van der Waals surface area contributed by atoms with Gasteiger partial charge in [0.1, 0.15) is 11.8 Å². The molecule has 92 valence electrons. The van der Waals surface area contributed by atoms with Crippen molar-refractivity contribution in [3.8, 4) is 5.75 Å². The number of amides is 1. The molecular weight excluding hydrogens is 242 g/mol. The van der Waals surface area contributed by atoms with Gasteiger partial charge in [0.15, 0.2) is 0 Å². The first-order valence-electron chi connectivity index (χ1n) is 4.87. The van der Waals surface area contributed by atoms with Gasteiger partial charge in [-0.2, -0.15) is 12.6 Å². The predicted molar refractivity (Wildman–Crippen MR) is 65.7 cm³/mol. The normalized spacial score (nSPS) is 11.6. The van der Waals surface area contributed by atoms with Crippen molar-refractivity contribution >= 4 is 24.5 Å². The number of thiol groups is 1. The van der Waals surface area contributed by atoms with Crippen LogP contribution in [-0.4, -0.2) is 35.9 Å². The molecule has 0 bridgehead atoms. The van der Waals surface area contributed by atoms with Gasteiger partial charge in [-0.3, -0.25) is 4.79 Å². The summed E-state index contributed by atoms with van der Waals surface area (Å²) in [7, 11) is 1.44. The van der Waals surface area contributed by atoms with Crippen molar-refractivity contribution in [1.82, 2.24) is 5.32 Å². The lowest BCUT2D eigenvalue weighted by molar-refractivity contribution is -0.138. The smallest absolute Gasteiger partial charge is 0.327 e. The summed E-state index contributed by atoms with van der Waals surface area (Å²) in [5.74, 6) is -1.20. The second kappa shape index (κ2) is 6.15. The molecule has 6 heteroatoms. The van der Waals surface area contributed by atoms with Crippen molar-refractivity contribution in [3.05, 3.63) is 29.8 Å². The molecule has 1 aromatic carbocycles. The van der Waals surface area contributed by atoms with Gasteiger partial charge in [-0.05, 0) is 12.1 Å². The maximum absolute atomic E-state index is 11.8. The molecule has 0 saturated carbocycles. The van der Waals surface area contributed by atoms with Crippen LogP contribution in [-0.2, 0) is 4.79 Å². The van der Waals surface area contributed by atoms with Crippen LogP contribution in [0.3, 0.4) is 0 Å². The third-order valence-electron chi connectivity index (χ3n) is 2.14. The SMILES string of the molecule is COc1ccccc1C(=O)NC(CS)C(=O)O. The van der Waals surface area contributed by atoms with E-state index in [2.05, 4.69) is 17.9 Å². The van der Waals surface area contributed by atoms with E-state index in [4.69, 9.17) is 9.84 Å². The van der Waals surface area contributed by atoms with Crippen LogP contribution in [0, 0.1) is 0 Å². The second-order valence-corrected chi connectivity index (χ2v) is 3.61. The van der Waals surface area contributed by atoms with Gasteiger partial charge < -0.3 is 15.2 Å². The number of carboxylic acid groups (broad SMARTS) is 1. The standard InChI is InChI=1S/C11H13NO4S/c1-16-9-5-3-2-4-7(9)10(13)12-8(6-17)11(14)15/h2-5,8,17H,6H2,1H3,(H,12,13)(H,14,15). The highest BCUT2D eigenvalue weighted by molar-refractivity contribution is 7.80. The molecule has 1 aromatic rings. The highest BCUT2D eigenvalue weighted by Crippen LogP contribution is 2.17. The van der Waals surface area contributed by atoms with Crippen LogP contribution < -0.4 is 10.1 Å². The molecule has 1 rings (SSSR count). The van der Waals surface area contributed by atoms with Gasteiger partial charge in [-0.15, -0.1) is 0 Å². The van der Waals surface area contributed by atoms with Crippen molar-refractivity contribution in [2.45, 2.75) is 6.04 Å². The Hall–Kier alpha value is -1.69. The number of hydrogen-bond donors (Lipinski definition) is 3. The number of ether oxygens (including phenoxy) is 1. The number of carbonyl (C=O) groups is 2. The van der Waals surface area contributed by atoms with Crippen molar-refractivity contribution < 1.29 is 19.4 Å². The summed E-state index contributed by atoms with van der Waals surface area (Å²) in [6.45, 7) is 0. The van der Waals surface area contributed by atoms with Gasteiger partial charge in [0.25, 0.3) is 5.91 Å². The third kappa shape index (κ3) is 3.39. The van der Waals surface area contributed by atoms with Crippen LogP contribution in [0.1, 0.15) is 10.4 Å². The predicted octanol–water partition coefficient (Wildman–Crippen LogP) is 0.808. The summed E-state index contributed by atoms with van der Waals surface area (Å²) in [5, 5.41) is 11.2. The largest absolute Gasteiger partial charge is 0.496 e. The van der Waals surface area contributed by atoms with E-state index in [1.54, 1.807) is 24.3 Å². The number of para-hydroxylation sites is 1. The first kappa shape index (κ1) is 13.4. The van der Waals surface area contributed by atoms with Crippen molar-refractivity contribution in [2.75, 3.05) is 12.9 Å². The zero-order chi connectivity index (χ0) is 12.8. The fourth-order valence-electron chi connectivity index (χ4n) is 1.25. The fraction of sp³-hybridized carbons (Fsp3) is 0.273. The maximum Gasteiger partial charge on any atom is 0.327 e. The van der Waals surface area contributed by atoms with E-state index in [1.165, 1.54) is 7.11 Å². The molecule has 1 amide bonds. The van der Waals surface area contributed by atoms with Crippen LogP contribution in [0.2, 0.25) is 0 Å². The van der Waals surface area contributed by atoms with Crippen molar-refractivity contribution in [2.24, 2.45) is 0 Å². The van der Waals surface area contributed by atoms with E-state index in [0.717, 1.165) is 0 Å². The maximum atomic E-state index is 11.8. The lowest BCUT2D eigenvalue weighted by Crippen LogP contribution is -2.42. The molecule has 1 unspecified atom stereocenters. The number of carboxylic acids is 1. The molecule has 2 N–H and O–H groups in total. The highest BCUT2D eigenvalue weighted by Gasteiger charge is 2.20. The van der Waals surface area contributed by atoms with E-state index in [-0.39, 0.29) is 5.75 Å². The van der Waals surface area contributed by atoms with Gasteiger partial charge in [0.2, 0.25) is 0 Å². The number of methoxy groups -OCH3 is 1. The van der Waals surface area contributed by atoms with E-state index in [1.807, 2.05) is 0 Å². The van der Waals surface area contributed by atoms with E-state index in [9.17, 15) is 9.59 Å². The molecule has 0 spiro atoms. The minimum atomic E-state index is -1.12. The van der Waals surface area contributed by atoms with E-state index in [0.29, 0.717) is 11.3 Å². The minimum absolute atomic E-state index is 0.0240. The molecule has 0 radical (unpaired) electrons. The third-order valence-corrected chi connectivity index (χ3v) is 2.50. The Balaban J connectivity index is 2.86. The molecule has 0 aliphatic heterocycles. The molecule has 1 atom stereocenters. The fourth-order valence-corrected chi connectivity index (χ4v) is 1.50. The first-order chi connectivity index (χ1) is 8.10. The highest BCUT2D eigenvalue weighted by atomic mass is 32.1. The average molecular weight is 255 g/mol. The summed E-state index contributed by atoms with van der Waals surface area (Å²) in [4.78, 5) is 22.6. The van der Waals surface area contributed by atoms with E-state index < -0.39 is 17.9 Å². The quantitative estimate of drug-likeness (QED) is 0.680. The number of nitrogens with one attached hydrogen (secondary N) is 1. The molecule has 17 heavy (non-hydrogen) atoms. The molecule has 5 nitrogen and oxygen atoms in total. The molecule has 0 aliphatic carbocycles. The first-order valence-corrected chi connectivity index (χ1v) is 5.51. The molecule has 0 heterocycles. The van der Waals surface area contributed by atoms with Crippen molar-refractivity contribution in [1.29, 1.82) is 0 Å². The van der Waals surface area contributed by atoms with Crippen LogP contribution in [0.4, 0.5) is 0 Å². The van der Waals surface area contributed by atoms with Gasteiger partial charge in [-0.25, -0.2) is 4.79 Å². The van der Waals surface area contributed by atoms with Gasteiger partial charge in [0.05, 0.1) is 12.7 Å².